The van der Waals surface area contributed by atoms with Crippen molar-refractivity contribution in [2.75, 3.05) is 5.32 Å². The van der Waals surface area contributed by atoms with Crippen molar-refractivity contribution in [2.45, 2.75) is 13.0 Å². The van der Waals surface area contributed by atoms with Gasteiger partial charge in [0, 0.05) is 15.8 Å². The minimum Gasteiger partial charge on any atom is -0.300 e. The summed E-state index contributed by atoms with van der Waals surface area (Å²) >= 11 is 2.73. The molecule has 1 unspecified atom stereocenters. The van der Waals surface area contributed by atoms with Crippen LogP contribution in [0.25, 0.3) is 31.9 Å². The molecule has 5 rings (SSSR count). The number of nitrogens with one attached hydrogen (secondary N) is 1. The van der Waals surface area contributed by atoms with Gasteiger partial charge in [0.25, 0.3) is 11.5 Å². The van der Waals surface area contributed by atoms with Gasteiger partial charge < -0.3 is 5.32 Å². The summed E-state index contributed by atoms with van der Waals surface area (Å²) in [5.74, 6) is -0.381. The minimum absolute atomic E-state index is 0.347. The average molecular weight is 460 g/mol. The number of anilines is 1. The van der Waals surface area contributed by atoms with Crippen LogP contribution in [0.1, 0.15) is 13.0 Å². The molecule has 0 aliphatic heterocycles. The lowest BCUT2D eigenvalue weighted by atomic mass is 10.2. The van der Waals surface area contributed by atoms with Crippen molar-refractivity contribution in [3.63, 3.8) is 0 Å². The maximum atomic E-state index is 13.0. The van der Waals surface area contributed by atoms with Crippen LogP contribution in [-0.4, -0.2) is 25.9 Å². The van der Waals surface area contributed by atoms with E-state index in [0.717, 1.165) is 26.4 Å². The molecule has 5 aromatic rings. The largest absolute Gasteiger partial charge is 0.300 e. The van der Waals surface area contributed by atoms with Crippen molar-refractivity contribution < 1.29 is 4.79 Å². The van der Waals surface area contributed by atoms with Crippen molar-refractivity contribution in [2.24, 2.45) is 0 Å². The first-order valence-corrected chi connectivity index (χ1v) is 11.6. The van der Waals surface area contributed by atoms with Gasteiger partial charge in [0.15, 0.2) is 9.96 Å². The number of thiazole rings is 1. The predicted octanol–water partition coefficient (Wildman–Crippen LogP) is 4.84. The molecule has 3 heterocycles. The molecule has 0 saturated carbocycles. The molecule has 158 valence electrons. The summed E-state index contributed by atoms with van der Waals surface area (Å²) in [5.41, 5.74) is 2.41. The van der Waals surface area contributed by atoms with E-state index >= 15 is 0 Å². The van der Waals surface area contributed by atoms with Crippen molar-refractivity contribution in [1.82, 2.24) is 20.0 Å². The molecule has 0 spiro atoms. The van der Waals surface area contributed by atoms with E-state index in [2.05, 4.69) is 20.6 Å². The number of hydrogen-bond acceptors (Lipinski definition) is 7. The SMILES string of the molecule is CC(C(=O)Nc1nc(-c2ccccc2)cs1)n1nnc2sc(-c3ccccc3)cc2c1=O. The quantitative estimate of drug-likeness (QED) is 0.406. The lowest BCUT2D eigenvalue weighted by Crippen LogP contribution is -2.33. The summed E-state index contributed by atoms with van der Waals surface area (Å²) in [6.07, 6.45) is 0. The lowest BCUT2D eigenvalue weighted by molar-refractivity contribution is -0.119. The van der Waals surface area contributed by atoms with Gasteiger partial charge in [-0.2, -0.15) is 4.68 Å². The zero-order chi connectivity index (χ0) is 22.1. The molecule has 9 heteroatoms. The first-order chi connectivity index (χ1) is 15.6. The summed E-state index contributed by atoms with van der Waals surface area (Å²) in [4.78, 5) is 31.8. The van der Waals surface area contributed by atoms with Gasteiger partial charge in [-0.1, -0.05) is 65.9 Å². The van der Waals surface area contributed by atoms with Gasteiger partial charge >= 0.3 is 0 Å². The number of rotatable bonds is 5. The summed E-state index contributed by atoms with van der Waals surface area (Å²) in [6.45, 7) is 1.62. The molecular weight excluding hydrogens is 442 g/mol. The van der Waals surface area contributed by atoms with Crippen molar-refractivity contribution in [1.29, 1.82) is 0 Å². The van der Waals surface area contributed by atoms with Gasteiger partial charge in [0.05, 0.1) is 11.1 Å². The molecule has 0 saturated heterocycles. The molecule has 1 N–H and O–H groups in total. The lowest BCUT2D eigenvalue weighted by Gasteiger charge is -2.11. The Morgan fingerprint density at radius 2 is 1.72 bits per heavy atom. The first kappa shape index (κ1) is 20.2. The number of benzene rings is 2. The number of carbonyl (C=O) groups is 1. The highest BCUT2D eigenvalue weighted by Gasteiger charge is 2.21. The summed E-state index contributed by atoms with van der Waals surface area (Å²) < 4.78 is 1.12. The van der Waals surface area contributed by atoms with Crippen LogP contribution >= 0.6 is 22.7 Å². The Morgan fingerprint density at radius 3 is 2.44 bits per heavy atom. The van der Waals surface area contributed by atoms with Gasteiger partial charge in [-0.25, -0.2) is 4.98 Å². The van der Waals surface area contributed by atoms with Gasteiger partial charge in [-0.05, 0) is 18.6 Å². The second-order valence-electron chi connectivity index (χ2n) is 7.10. The molecule has 0 radical (unpaired) electrons. The zero-order valence-electron chi connectivity index (χ0n) is 16.9. The van der Waals surface area contributed by atoms with E-state index in [1.54, 1.807) is 13.0 Å². The number of thiophene rings is 1. The van der Waals surface area contributed by atoms with Gasteiger partial charge in [0.1, 0.15) is 6.04 Å². The van der Waals surface area contributed by atoms with E-state index in [1.165, 1.54) is 22.7 Å². The smallest absolute Gasteiger partial charge is 0.279 e. The normalized spacial score (nSPS) is 12.0. The molecule has 0 fully saturated rings. The van der Waals surface area contributed by atoms with E-state index in [-0.39, 0.29) is 11.5 Å². The Hall–Kier alpha value is -3.69. The Kier molecular flexibility index (Phi) is 5.34. The third kappa shape index (κ3) is 3.83. The Labute approximate surface area is 191 Å². The third-order valence-corrected chi connectivity index (χ3v) is 6.82. The summed E-state index contributed by atoms with van der Waals surface area (Å²) in [5, 5.41) is 13.8. The van der Waals surface area contributed by atoms with Gasteiger partial charge in [-0.15, -0.1) is 27.8 Å². The van der Waals surface area contributed by atoms with Crippen molar-refractivity contribution in [3.8, 4) is 21.7 Å². The fourth-order valence-electron chi connectivity index (χ4n) is 3.25. The Balaban J connectivity index is 1.39. The standard InChI is InChI=1S/C23H17N5O2S2/c1-14(20(29)25-23-24-18(13-31-23)15-8-4-2-5-9-15)28-22(30)17-12-19(32-21(17)26-27-28)16-10-6-3-7-11-16/h2-14H,1H3,(H,24,25,29). The highest BCUT2D eigenvalue weighted by atomic mass is 32.1. The molecule has 3 aromatic heterocycles. The average Bonchev–Trinajstić information content (AvgIpc) is 3.48. The molecule has 0 bridgehead atoms. The molecule has 1 amide bonds. The second-order valence-corrected chi connectivity index (χ2v) is 8.99. The van der Waals surface area contributed by atoms with Crippen LogP contribution in [0.3, 0.4) is 0 Å². The number of hydrogen-bond donors (Lipinski definition) is 1. The molecule has 1 atom stereocenters. The topological polar surface area (TPSA) is 89.8 Å². The van der Waals surface area contributed by atoms with Crippen LogP contribution in [0.5, 0.6) is 0 Å². The molecule has 0 aliphatic rings. The number of fused-ring (bicyclic) bond motifs is 1. The fraction of sp³-hybridized carbons (Fsp3) is 0.0870. The van der Waals surface area contributed by atoms with E-state index in [9.17, 15) is 9.59 Å². The molecular formula is C23H17N5O2S2. The minimum atomic E-state index is -0.844. The van der Waals surface area contributed by atoms with Crippen LogP contribution < -0.4 is 10.9 Å². The number of carbonyl (C=O) groups excluding carboxylic acids is 1. The van der Waals surface area contributed by atoms with Gasteiger partial charge in [0.2, 0.25) is 0 Å². The number of amides is 1. The van der Waals surface area contributed by atoms with Crippen LogP contribution in [0, 0.1) is 0 Å². The molecule has 0 aliphatic carbocycles. The maximum absolute atomic E-state index is 13.0. The highest BCUT2D eigenvalue weighted by Crippen LogP contribution is 2.30. The van der Waals surface area contributed by atoms with E-state index in [1.807, 2.05) is 66.0 Å². The molecule has 32 heavy (non-hydrogen) atoms. The molecule has 7 nitrogen and oxygen atoms in total. The number of aromatic nitrogens is 4. The van der Waals surface area contributed by atoms with Crippen LogP contribution in [0.2, 0.25) is 0 Å². The van der Waals surface area contributed by atoms with E-state index in [0.29, 0.717) is 15.3 Å². The van der Waals surface area contributed by atoms with Crippen LogP contribution in [0.4, 0.5) is 5.13 Å². The maximum Gasteiger partial charge on any atom is 0.279 e. The first-order valence-electron chi connectivity index (χ1n) is 9.86. The zero-order valence-corrected chi connectivity index (χ0v) is 18.6. The van der Waals surface area contributed by atoms with Crippen LogP contribution in [-0.2, 0) is 4.79 Å². The van der Waals surface area contributed by atoms with Crippen molar-refractivity contribution >= 4 is 43.9 Å². The third-order valence-electron chi connectivity index (χ3n) is 4.99. The van der Waals surface area contributed by atoms with Gasteiger partial charge in [-0.3, -0.25) is 9.59 Å². The Bertz CT molecular complexity index is 1460. The summed E-state index contributed by atoms with van der Waals surface area (Å²) in [7, 11) is 0. The fourth-order valence-corrected chi connectivity index (χ4v) is 4.95. The molecule has 2 aromatic carbocycles. The monoisotopic (exact) mass is 459 g/mol. The van der Waals surface area contributed by atoms with Crippen LogP contribution in [0.15, 0.2) is 76.9 Å². The summed E-state index contributed by atoms with van der Waals surface area (Å²) in [6, 6.07) is 20.5. The van der Waals surface area contributed by atoms with Crippen molar-refractivity contribution in [3.05, 3.63) is 82.5 Å². The van der Waals surface area contributed by atoms with E-state index < -0.39 is 6.04 Å². The Morgan fingerprint density at radius 1 is 1.03 bits per heavy atom. The highest BCUT2D eigenvalue weighted by molar-refractivity contribution is 7.21. The second kappa shape index (κ2) is 8.45. The number of nitrogens with zero attached hydrogens (tertiary/aromatic N) is 4. The van der Waals surface area contributed by atoms with E-state index in [4.69, 9.17) is 0 Å². The predicted molar refractivity (Wildman–Crippen MR) is 128 cm³/mol.